The molecular weight excluding hydrogens is 516 g/mol. The van der Waals surface area contributed by atoms with Gasteiger partial charge in [0.2, 0.25) is 0 Å². The fourth-order valence-electron chi connectivity index (χ4n) is 6.48. The number of allylic oxidation sites excluding steroid dienone is 1. The monoisotopic (exact) mass is 540 g/mol. The lowest BCUT2D eigenvalue weighted by Crippen LogP contribution is -2.38. The quantitative estimate of drug-likeness (QED) is 0.271. The van der Waals surface area contributed by atoms with Crippen molar-refractivity contribution in [3.05, 3.63) is 138 Å². The fourth-order valence-corrected chi connectivity index (χ4v) is 6.48. The lowest BCUT2D eigenvalue weighted by Gasteiger charge is -2.26. The number of aliphatic imine (C=N–C) groups is 1. The molecule has 1 atom stereocenters. The van der Waals surface area contributed by atoms with Crippen LogP contribution < -0.4 is 20.8 Å². The molecule has 0 fully saturated rings. The fraction of sp³-hybridized carbons (Fsp3) is 0.0278. The van der Waals surface area contributed by atoms with Crippen LogP contribution in [0.1, 0.15) is 17.2 Å². The van der Waals surface area contributed by atoms with Crippen LogP contribution in [0.25, 0.3) is 40.0 Å². The Kier molecular flexibility index (Phi) is 4.72. The van der Waals surface area contributed by atoms with Crippen LogP contribution in [0.4, 0.5) is 22.7 Å². The highest BCUT2D eigenvalue weighted by Crippen LogP contribution is 2.41. The molecule has 198 valence electrons. The molecular formula is C36H24N6. The van der Waals surface area contributed by atoms with Crippen LogP contribution >= 0.6 is 0 Å². The summed E-state index contributed by atoms with van der Waals surface area (Å²) in [5.41, 5.74) is 10.3. The Bertz CT molecular complexity index is 2240. The zero-order chi connectivity index (χ0) is 27.8. The lowest BCUT2D eigenvalue weighted by molar-refractivity contribution is 0.995. The number of aromatic nitrogens is 3. The Hall–Kier alpha value is -5.75. The van der Waals surface area contributed by atoms with Crippen LogP contribution in [0, 0.1) is 0 Å². The number of hydrogen-bond donors (Lipinski definition) is 1. The molecule has 6 nitrogen and oxygen atoms in total. The number of nitrogens with one attached hydrogen (secondary N) is 1. The van der Waals surface area contributed by atoms with E-state index in [-0.39, 0.29) is 6.04 Å². The van der Waals surface area contributed by atoms with E-state index < -0.39 is 0 Å². The smallest absolute Gasteiger partial charge is 0.141 e. The summed E-state index contributed by atoms with van der Waals surface area (Å²) >= 11 is 0. The zero-order valence-electron chi connectivity index (χ0n) is 22.6. The minimum absolute atomic E-state index is 0.0212. The highest BCUT2D eigenvalue weighted by Gasteiger charge is 2.35. The first-order chi connectivity index (χ1) is 20.7. The van der Waals surface area contributed by atoms with Crippen molar-refractivity contribution in [2.75, 3.05) is 10.2 Å². The van der Waals surface area contributed by atoms with Gasteiger partial charge in [-0.1, -0.05) is 55.1 Å². The average molecular weight is 541 g/mol. The van der Waals surface area contributed by atoms with Crippen molar-refractivity contribution >= 4 is 57.3 Å². The molecule has 3 aliphatic rings. The highest BCUT2D eigenvalue weighted by atomic mass is 15.2. The Morgan fingerprint density at radius 2 is 1.74 bits per heavy atom. The van der Waals surface area contributed by atoms with E-state index in [1.165, 1.54) is 16.5 Å². The molecule has 3 aliphatic heterocycles. The molecule has 1 N–H and O–H groups in total. The maximum Gasteiger partial charge on any atom is 0.141 e. The SMILES string of the molecule is C=C1/C=c2\c(n3c4c(cccc24)C2Nc4ccccc4N=C23)=C/N(c2ccc(-c3cccnc3)nc2)c2ccccc21. The van der Waals surface area contributed by atoms with Gasteiger partial charge in [0.15, 0.2) is 0 Å². The third kappa shape index (κ3) is 3.23. The predicted molar refractivity (Wildman–Crippen MR) is 170 cm³/mol. The number of para-hydroxylation sites is 4. The standard InChI is InChI=1S/C36H24N6/c1-22-18-28-26-10-6-11-27-34-36(40-31-13-4-3-12-30(31)39-34)42(35(26)27)33(28)21-41(32-14-5-2-9-25(22)32)24-15-16-29(38-20-24)23-8-7-17-37-19-23/h2-21,34,39H,1H2/b28-18-,33-21+. The maximum atomic E-state index is 5.21. The van der Waals surface area contributed by atoms with Crippen molar-refractivity contribution in [3.63, 3.8) is 0 Å². The van der Waals surface area contributed by atoms with E-state index in [2.05, 4.69) is 111 Å². The summed E-state index contributed by atoms with van der Waals surface area (Å²) in [5, 5.41) is 7.14. The minimum Gasteiger partial charge on any atom is -0.370 e. The predicted octanol–water partition coefficient (Wildman–Crippen LogP) is 6.54. The van der Waals surface area contributed by atoms with E-state index in [0.29, 0.717) is 0 Å². The van der Waals surface area contributed by atoms with Gasteiger partial charge < -0.3 is 10.2 Å². The largest absolute Gasteiger partial charge is 0.370 e. The Labute approximate surface area is 242 Å². The van der Waals surface area contributed by atoms with Gasteiger partial charge in [0, 0.05) is 45.9 Å². The van der Waals surface area contributed by atoms with Crippen LogP contribution in [0.2, 0.25) is 0 Å². The minimum atomic E-state index is -0.0212. The van der Waals surface area contributed by atoms with E-state index in [1.54, 1.807) is 6.20 Å². The summed E-state index contributed by atoms with van der Waals surface area (Å²) in [6, 6.07) is 31.3. The van der Waals surface area contributed by atoms with Gasteiger partial charge in [-0.05, 0) is 54.1 Å². The second-order valence-corrected chi connectivity index (χ2v) is 10.8. The summed E-state index contributed by atoms with van der Waals surface area (Å²) in [5.74, 6) is 0.982. The molecule has 3 aromatic carbocycles. The third-order valence-corrected chi connectivity index (χ3v) is 8.40. The third-order valence-electron chi connectivity index (χ3n) is 8.40. The van der Waals surface area contributed by atoms with E-state index in [1.807, 2.05) is 30.6 Å². The second kappa shape index (κ2) is 8.62. The molecule has 9 rings (SSSR count). The number of benzene rings is 3. The molecule has 6 heterocycles. The summed E-state index contributed by atoms with van der Waals surface area (Å²) in [6.45, 7) is 4.54. The molecule has 6 heteroatoms. The lowest BCUT2D eigenvalue weighted by atomic mass is 9.99. The van der Waals surface area contributed by atoms with Crippen molar-refractivity contribution in [2.24, 2.45) is 4.99 Å². The van der Waals surface area contributed by atoms with Crippen LogP contribution in [0.5, 0.6) is 0 Å². The van der Waals surface area contributed by atoms with Gasteiger partial charge in [0.05, 0.1) is 45.5 Å². The van der Waals surface area contributed by atoms with E-state index >= 15 is 0 Å². The Morgan fingerprint density at radius 1 is 0.833 bits per heavy atom. The van der Waals surface area contributed by atoms with Crippen molar-refractivity contribution in [1.29, 1.82) is 0 Å². The molecule has 0 saturated heterocycles. The van der Waals surface area contributed by atoms with Gasteiger partial charge in [-0.2, -0.15) is 0 Å². The van der Waals surface area contributed by atoms with Crippen LogP contribution in [0.3, 0.4) is 0 Å². The molecule has 42 heavy (non-hydrogen) atoms. The van der Waals surface area contributed by atoms with Gasteiger partial charge in [0.1, 0.15) is 11.9 Å². The number of nitrogens with zero attached hydrogens (tertiary/aromatic N) is 5. The van der Waals surface area contributed by atoms with Crippen molar-refractivity contribution < 1.29 is 0 Å². The first kappa shape index (κ1) is 23.0. The average Bonchev–Trinajstić information content (AvgIpc) is 3.52. The Morgan fingerprint density at radius 3 is 2.62 bits per heavy atom. The van der Waals surface area contributed by atoms with Gasteiger partial charge in [-0.25, -0.2) is 4.99 Å². The van der Waals surface area contributed by atoms with E-state index in [0.717, 1.165) is 61.5 Å². The summed E-state index contributed by atoms with van der Waals surface area (Å²) in [7, 11) is 0. The summed E-state index contributed by atoms with van der Waals surface area (Å²) < 4.78 is 2.33. The van der Waals surface area contributed by atoms with Crippen LogP contribution in [-0.2, 0) is 0 Å². The number of rotatable bonds is 2. The number of anilines is 3. The summed E-state index contributed by atoms with van der Waals surface area (Å²) in [6.07, 6.45) is 10.00. The normalized spacial score (nSPS) is 17.7. The van der Waals surface area contributed by atoms with Gasteiger partial charge in [0.25, 0.3) is 0 Å². The van der Waals surface area contributed by atoms with Crippen molar-refractivity contribution in [1.82, 2.24) is 14.5 Å². The van der Waals surface area contributed by atoms with Crippen LogP contribution in [-0.4, -0.2) is 20.4 Å². The molecule has 0 saturated carbocycles. The van der Waals surface area contributed by atoms with Gasteiger partial charge in [-0.15, -0.1) is 0 Å². The zero-order valence-corrected chi connectivity index (χ0v) is 22.6. The highest BCUT2D eigenvalue weighted by molar-refractivity contribution is 6.12. The van der Waals surface area contributed by atoms with E-state index in [9.17, 15) is 0 Å². The molecule has 0 aliphatic carbocycles. The van der Waals surface area contributed by atoms with Crippen molar-refractivity contribution in [3.8, 4) is 11.3 Å². The molecule has 0 amide bonds. The van der Waals surface area contributed by atoms with Crippen molar-refractivity contribution in [2.45, 2.75) is 6.04 Å². The molecule has 0 spiro atoms. The first-order valence-electron chi connectivity index (χ1n) is 14.0. The Balaban J connectivity index is 1.33. The number of fused-ring (bicyclic) bond motifs is 8. The van der Waals surface area contributed by atoms with Gasteiger partial charge in [-0.3, -0.25) is 14.5 Å². The maximum absolute atomic E-state index is 5.21. The van der Waals surface area contributed by atoms with E-state index in [4.69, 9.17) is 9.98 Å². The second-order valence-electron chi connectivity index (χ2n) is 10.8. The molecule has 0 bridgehead atoms. The number of pyridine rings is 2. The molecule has 1 unspecified atom stereocenters. The number of hydrogen-bond acceptors (Lipinski definition) is 5. The molecule has 3 aromatic heterocycles. The molecule has 6 aromatic rings. The topological polar surface area (TPSA) is 58.3 Å². The first-order valence-corrected chi connectivity index (χ1v) is 14.0. The van der Waals surface area contributed by atoms with Crippen LogP contribution in [0.15, 0.2) is 121 Å². The van der Waals surface area contributed by atoms with Gasteiger partial charge >= 0.3 is 0 Å². The molecule has 0 radical (unpaired) electrons. The summed E-state index contributed by atoms with van der Waals surface area (Å²) in [4.78, 5) is 16.5.